The highest BCUT2D eigenvalue weighted by Crippen LogP contribution is 2.42. The SMILES string of the molecule is C1CC2CC(C1)CC(NC1CC3CCCC(C3)C1)C2. The summed E-state index contributed by atoms with van der Waals surface area (Å²) in [5, 5.41) is 4.12. The van der Waals surface area contributed by atoms with E-state index in [2.05, 4.69) is 5.32 Å². The van der Waals surface area contributed by atoms with Crippen molar-refractivity contribution < 1.29 is 0 Å². The maximum absolute atomic E-state index is 4.12. The average molecular weight is 261 g/mol. The van der Waals surface area contributed by atoms with Crippen molar-refractivity contribution in [3.8, 4) is 0 Å². The van der Waals surface area contributed by atoms with Gasteiger partial charge >= 0.3 is 0 Å². The molecule has 4 aliphatic carbocycles. The van der Waals surface area contributed by atoms with Crippen LogP contribution in [-0.2, 0) is 0 Å². The van der Waals surface area contributed by atoms with Crippen molar-refractivity contribution in [1.82, 2.24) is 5.32 Å². The third kappa shape index (κ3) is 2.86. The fourth-order valence-corrected chi connectivity index (χ4v) is 6.07. The van der Waals surface area contributed by atoms with Crippen LogP contribution in [0.25, 0.3) is 0 Å². The lowest BCUT2D eigenvalue weighted by Gasteiger charge is -2.44. The molecule has 4 aliphatic rings. The Labute approximate surface area is 118 Å². The van der Waals surface area contributed by atoms with Crippen molar-refractivity contribution in [3.63, 3.8) is 0 Å². The zero-order valence-corrected chi connectivity index (χ0v) is 12.4. The Bertz CT molecular complexity index is 259. The summed E-state index contributed by atoms with van der Waals surface area (Å²) in [6, 6.07) is 1.76. The highest BCUT2D eigenvalue weighted by atomic mass is 15.0. The van der Waals surface area contributed by atoms with E-state index in [9.17, 15) is 0 Å². The van der Waals surface area contributed by atoms with Crippen LogP contribution in [0.3, 0.4) is 0 Å². The molecule has 0 aliphatic heterocycles. The van der Waals surface area contributed by atoms with E-state index in [0.717, 1.165) is 35.8 Å². The van der Waals surface area contributed by atoms with Crippen LogP contribution in [0.1, 0.15) is 77.0 Å². The van der Waals surface area contributed by atoms with E-state index in [1.54, 1.807) is 12.8 Å². The molecule has 4 saturated carbocycles. The highest BCUT2D eigenvalue weighted by Gasteiger charge is 2.36. The molecule has 1 heteroatoms. The summed E-state index contributed by atoms with van der Waals surface area (Å²) in [6.45, 7) is 0. The van der Waals surface area contributed by atoms with Crippen LogP contribution in [0.5, 0.6) is 0 Å². The molecule has 0 aromatic rings. The number of fused-ring (bicyclic) bond motifs is 4. The van der Waals surface area contributed by atoms with Gasteiger partial charge in [0, 0.05) is 12.1 Å². The molecule has 4 unspecified atom stereocenters. The fourth-order valence-electron chi connectivity index (χ4n) is 6.07. The molecule has 4 atom stereocenters. The van der Waals surface area contributed by atoms with E-state index >= 15 is 0 Å². The summed E-state index contributed by atoms with van der Waals surface area (Å²) in [6.07, 6.45) is 18.3. The first-order chi connectivity index (χ1) is 9.35. The molecule has 4 rings (SSSR count). The number of hydrogen-bond acceptors (Lipinski definition) is 1. The van der Waals surface area contributed by atoms with Crippen LogP contribution in [0.15, 0.2) is 0 Å². The summed E-state index contributed by atoms with van der Waals surface area (Å²) in [5.74, 6) is 4.31. The third-order valence-electron chi connectivity index (χ3n) is 6.73. The van der Waals surface area contributed by atoms with E-state index in [1.807, 2.05) is 0 Å². The second-order valence-electron chi connectivity index (χ2n) is 8.30. The molecular formula is C18H31N. The molecule has 0 aromatic carbocycles. The molecule has 108 valence electrons. The van der Waals surface area contributed by atoms with Crippen LogP contribution in [0.2, 0.25) is 0 Å². The number of nitrogens with one attached hydrogen (secondary N) is 1. The van der Waals surface area contributed by atoms with Crippen molar-refractivity contribution in [3.05, 3.63) is 0 Å². The molecule has 1 nitrogen and oxygen atoms in total. The second kappa shape index (κ2) is 5.39. The van der Waals surface area contributed by atoms with Gasteiger partial charge in [0.1, 0.15) is 0 Å². The lowest BCUT2D eigenvalue weighted by Crippen LogP contribution is -2.47. The predicted octanol–water partition coefficient (Wildman–Crippen LogP) is 4.51. The molecule has 0 saturated heterocycles. The van der Waals surface area contributed by atoms with Gasteiger partial charge in [0.15, 0.2) is 0 Å². The molecular weight excluding hydrogens is 230 g/mol. The van der Waals surface area contributed by atoms with Gasteiger partial charge in [-0.1, -0.05) is 38.5 Å². The van der Waals surface area contributed by atoms with Crippen LogP contribution in [-0.4, -0.2) is 12.1 Å². The molecule has 0 aromatic heterocycles. The Morgan fingerprint density at radius 3 is 1.21 bits per heavy atom. The Balaban J connectivity index is 1.34. The van der Waals surface area contributed by atoms with E-state index in [1.165, 1.54) is 64.2 Å². The summed E-state index contributed by atoms with van der Waals surface area (Å²) in [5.41, 5.74) is 0. The van der Waals surface area contributed by atoms with Gasteiger partial charge in [-0.3, -0.25) is 0 Å². The van der Waals surface area contributed by atoms with Crippen LogP contribution in [0.4, 0.5) is 0 Å². The minimum Gasteiger partial charge on any atom is -0.311 e. The molecule has 4 bridgehead atoms. The van der Waals surface area contributed by atoms with Crippen molar-refractivity contribution in [1.29, 1.82) is 0 Å². The van der Waals surface area contributed by atoms with Crippen molar-refractivity contribution in [2.75, 3.05) is 0 Å². The van der Waals surface area contributed by atoms with E-state index in [-0.39, 0.29) is 0 Å². The monoisotopic (exact) mass is 261 g/mol. The second-order valence-corrected chi connectivity index (χ2v) is 8.30. The standard InChI is InChI=1S/C18H31N/c1-3-13-7-14(4-1)10-17(9-13)19-18-11-15-5-2-6-16(8-15)12-18/h13-19H,1-12H2. The Hall–Kier alpha value is -0.0400. The zero-order valence-electron chi connectivity index (χ0n) is 12.4. The number of hydrogen-bond donors (Lipinski definition) is 1. The van der Waals surface area contributed by atoms with Crippen LogP contribution >= 0.6 is 0 Å². The molecule has 0 heterocycles. The zero-order chi connectivity index (χ0) is 12.7. The average Bonchev–Trinajstić information content (AvgIpc) is 2.38. The van der Waals surface area contributed by atoms with E-state index in [4.69, 9.17) is 0 Å². The molecule has 0 radical (unpaired) electrons. The van der Waals surface area contributed by atoms with E-state index in [0.29, 0.717) is 0 Å². The topological polar surface area (TPSA) is 12.0 Å². The maximum Gasteiger partial charge on any atom is 0.00749 e. The molecule has 4 fully saturated rings. The van der Waals surface area contributed by atoms with Gasteiger partial charge in [0.05, 0.1) is 0 Å². The minimum absolute atomic E-state index is 0.882. The third-order valence-corrected chi connectivity index (χ3v) is 6.73. The van der Waals surface area contributed by atoms with Gasteiger partial charge in [-0.25, -0.2) is 0 Å². The van der Waals surface area contributed by atoms with Gasteiger partial charge in [-0.15, -0.1) is 0 Å². The van der Waals surface area contributed by atoms with Gasteiger partial charge in [-0.05, 0) is 62.2 Å². The molecule has 0 amide bonds. The van der Waals surface area contributed by atoms with Gasteiger partial charge < -0.3 is 5.32 Å². The van der Waals surface area contributed by atoms with Crippen LogP contribution < -0.4 is 5.32 Å². The van der Waals surface area contributed by atoms with Crippen molar-refractivity contribution in [2.24, 2.45) is 23.7 Å². The van der Waals surface area contributed by atoms with Crippen molar-refractivity contribution >= 4 is 0 Å². The summed E-state index contributed by atoms with van der Waals surface area (Å²) >= 11 is 0. The smallest absolute Gasteiger partial charge is 0.00749 e. The summed E-state index contributed by atoms with van der Waals surface area (Å²) < 4.78 is 0. The fraction of sp³-hybridized carbons (Fsp3) is 1.00. The van der Waals surface area contributed by atoms with Crippen LogP contribution in [0, 0.1) is 23.7 Å². The molecule has 1 N–H and O–H groups in total. The first-order valence-corrected chi connectivity index (χ1v) is 9.11. The Kier molecular flexibility index (Phi) is 3.60. The van der Waals surface area contributed by atoms with E-state index < -0.39 is 0 Å². The predicted molar refractivity (Wildman–Crippen MR) is 80.1 cm³/mol. The Morgan fingerprint density at radius 1 is 0.474 bits per heavy atom. The van der Waals surface area contributed by atoms with Crippen molar-refractivity contribution in [2.45, 2.75) is 89.1 Å². The van der Waals surface area contributed by atoms with Gasteiger partial charge in [0.25, 0.3) is 0 Å². The summed E-state index contributed by atoms with van der Waals surface area (Å²) in [7, 11) is 0. The highest BCUT2D eigenvalue weighted by molar-refractivity contribution is 4.92. The Morgan fingerprint density at radius 2 is 0.842 bits per heavy atom. The number of rotatable bonds is 2. The largest absolute Gasteiger partial charge is 0.311 e. The van der Waals surface area contributed by atoms with Gasteiger partial charge in [-0.2, -0.15) is 0 Å². The molecule has 0 spiro atoms. The quantitative estimate of drug-likeness (QED) is 0.771. The lowest BCUT2D eigenvalue weighted by molar-refractivity contribution is 0.111. The maximum atomic E-state index is 4.12. The minimum atomic E-state index is 0.882. The lowest BCUT2D eigenvalue weighted by atomic mass is 9.68. The normalized spacial score (nSPS) is 49.9. The summed E-state index contributed by atoms with van der Waals surface area (Å²) in [4.78, 5) is 0. The molecule has 19 heavy (non-hydrogen) atoms. The van der Waals surface area contributed by atoms with Gasteiger partial charge in [0.2, 0.25) is 0 Å². The first-order valence-electron chi connectivity index (χ1n) is 9.11. The first kappa shape index (κ1) is 12.7.